The third-order valence-corrected chi connectivity index (χ3v) is 6.47. The van der Waals surface area contributed by atoms with E-state index in [1.165, 1.54) is 0 Å². The first-order chi connectivity index (χ1) is 15.5. The van der Waals surface area contributed by atoms with Crippen molar-refractivity contribution in [3.05, 3.63) is 59.9 Å². The summed E-state index contributed by atoms with van der Waals surface area (Å²) in [5, 5.41) is 0. The Labute approximate surface area is 194 Å². The van der Waals surface area contributed by atoms with E-state index in [1.54, 1.807) is 11.8 Å². The maximum absolute atomic E-state index is 13.6. The van der Waals surface area contributed by atoms with E-state index in [2.05, 4.69) is 40.0 Å². The van der Waals surface area contributed by atoms with Crippen LogP contribution < -0.4 is 4.90 Å². The zero-order valence-corrected chi connectivity index (χ0v) is 20.0. The second-order valence-corrected chi connectivity index (χ2v) is 9.37. The molecule has 0 radical (unpaired) electrons. The van der Waals surface area contributed by atoms with Crippen molar-refractivity contribution in [1.29, 1.82) is 0 Å². The van der Waals surface area contributed by atoms with Crippen molar-refractivity contribution in [1.82, 2.24) is 14.5 Å². The second kappa shape index (κ2) is 10.4. The van der Waals surface area contributed by atoms with Gasteiger partial charge in [0.2, 0.25) is 5.91 Å². The number of hydrogen-bond donors (Lipinski definition) is 0. The average Bonchev–Trinajstić information content (AvgIpc) is 3.42. The molecular formula is C25H32N4O2S. The van der Waals surface area contributed by atoms with Crippen LogP contribution in [0.1, 0.15) is 24.2 Å². The summed E-state index contributed by atoms with van der Waals surface area (Å²) in [4.78, 5) is 22.4. The fourth-order valence-corrected chi connectivity index (χ4v) is 4.66. The SMILES string of the molecule is CSCc1nc2ccccc2n1CC(=O)N(Cc1ccc(N(C)C)cc1)CC1CCCO1. The minimum Gasteiger partial charge on any atom is -0.378 e. The van der Waals surface area contributed by atoms with E-state index in [0.29, 0.717) is 19.6 Å². The van der Waals surface area contributed by atoms with Crippen LogP contribution in [0, 0.1) is 0 Å². The number of amides is 1. The molecule has 1 fully saturated rings. The molecule has 3 aromatic rings. The van der Waals surface area contributed by atoms with Crippen molar-refractivity contribution >= 4 is 34.4 Å². The molecule has 0 saturated carbocycles. The number of fused-ring (bicyclic) bond motifs is 1. The van der Waals surface area contributed by atoms with E-state index in [-0.39, 0.29) is 12.0 Å². The molecule has 7 heteroatoms. The molecule has 1 saturated heterocycles. The number of anilines is 1. The number of carbonyl (C=O) groups excluding carboxylic acids is 1. The topological polar surface area (TPSA) is 50.6 Å². The predicted octanol–water partition coefficient (Wildman–Crippen LogP) is 4.17. The van der Waals surface area contributed by atoms with Gasteiger partial charge in [-0.25, -0.2) is 4.98 Å². The number of aromatic nitrogens is 2. The van der Waals surface area contributed by atoms with Crippen LogP contribution in [0.4, 0.5) is 5.69 Å². The van der Waals surface area contributed by atoms with Crippen LogP contribution in [0.5, 0.6) is 0 Å². The Kier molecular flexibility index (Phi) is 7.37. The van der Waals surface area contributed by atoms with Gasteiger partial charge in [0.25, 0.3) is 0 Å². The molecule has 170 valence electrons. The first kappa shape index (κ1) is 22.7. The highest BCUT2D eigenvalue weighted by Gasteiger charge is 2.24. The zero-order chi connectivity index (χ0) is 22.5. The molecule has 0 bridgehead atoms. The molecule has 1 aliphatic heterocycles. The molecule has 1 unspecified atom stereocenters. The fourth-order valence-electron chi connectivity index (χ4n) is 4.18. The molecule has 2 heterocycles. The number of ether oxygens (including phenoxy) is 1. The molecule has 6 nitrogen and oxygen atoms in total. The molecule has 1 amide bonds. The summed E-state index contributed by atoms with van der Waals surface area (Å²) in [6.45, 7) is 2.28. The monoisotopic (exact) mass is 452 g/mol. The smallest absolute Gasteiger partial charge is 0.242 e. The van der Waals surface area contributed by atoms with E-state index in [1.807, 2.05) is 43.3 Å². The summed E-state index contributed by atoms with van der Waals surface area (Å²) in [6.07, 6.45) is 4.25. The van der Waals surface area contributed by atoms with E-state index in [9.17, 15) is 4.79 Å². The summed E-state index contributed by atoms with van der Waals surface area (Å²) in [7, 11) is 4.06. The van der Waals surface area contributed by atoms with Crippen molar-refractivity contribution in [2.75, 3.05) is 38.4 Å². The van der Waals surface area contributed by atoms with Gasteiger partial charge in [0.15, 0.2) is 0 Å². The Balaban J connectivity index is 1.57. The number of imidazole rings is 1. The van der Waals surface area contributed by atoms with Gasteiger partial charge >= 0.3 is 0 Å². The number of benzene rings is 2. The number of nitrogens with zero attached hydrogens (tertiary/aromatic N) is 4. The number of hydrogen-bond acceptors (Lipinski definition) is 5. The predicted molar refractivity (Wildman–Crippen MR) is 132 cm³/mol. The van der Waals surface area contributed by atoms with Gasteiger partial charge in [-0.3, -0.25) is 4.79 Å². The number of para-hydroxylation sites is 2. The standard InChI is InChI=1S/C25H32N4O2S/c1-27(2)20-12-10-19(11-13-20)15-28(16-21-7-6-14-31-21)25(30)17-29-23-9-5-4-8-22(23)26-24(29)18-32-3/h4-5,8-13,21H,6-7,14-18H2,1-3H3. The average molecular weight is 453 g/mol. The van der Waals surface area contributed by atoms with Crippen molar-refractivity contribution < 1.29 is 9.53 Å². The van der Waals surface area contributed by atoms with Crippen LogP contribution in [-0.2, 0) is 28.4 Å². The molecule has 1 atom stereocenters. The van der Waals surface area contributed by atoms with Gasteiger partial charge in [-0.1, -0.05) is 24.3 Å². The molecule has 32 heavy (non-hydrogen) atoms. The minimum atomic E-state index is 0.0997. The molecule has 0 aliphatic carbocycles. The summed E-state index contributed by atoms with van der Waals surface area (Å²) in [6, 6.07) is 16.5. The third kappa shape index (κ3) is 5.27. The number of carbonyl (C=O) groups is 1. The highest BCUT2D eigenvalue weighted by atomic mass is 32.2. The lowest BCUT2D eigenvalue weighted by atomic mass is 10.1. The van der Waals surface area contributed by atoms with Gasteiger partial charge in [0.05, 0.1) is 22.9 Å². The van der Waals surface area contributed by atoms with Gasteiger partial charge in [-0.15, -0.1) is 0 Å². The maximum Gasteiger partial charge on any atom is 0.242 e. The van der Waals surface area contributed by atoms with Crippen LogP contribution in [0.2, 0.25) is 0 Å². The Morgan fingerprint density at radius 2 is 1.97 bits per heavy atom. The summed E-state index contributed by atoms with van der Waals surface area (Å²) >= 11 is 1.72. The first-order valence-electron chi connectivity index (χ1n) is 11.1. The number of thioether (sulfide) groups is 1. The molecule has 1 aromatic heterocycles. The van der Waals surface area contributed by atoms with Crippen molar-refractivity contribution in [2.45, 2.75) is 37.8 Å². The summed E-state index contributed by atoms with van der Waals surface area (Å²) in [5.74, 6) is 1.82. The van der Waals surface area contributed by atoms with Crippen molar-refractivity contribution in [3.8, 4) is 0 Å². The van der Waals surface area contributed by atoms with Crippen LogP contribution in [-0.4, -0.2) is 60.0 Å². The third-order valence-electron chi connectivity index (χ3n) is 5.93. The lowest BCUT2D eigenvalue weighted by Crippen LogP contribution is -2.39. The molecule has 0 spiro atoms. The highest BCUT2D eigenvalue weighted by molar-refractivity contribution is 7.97. The van der Waals surface area contributed by atoms with Gasteiger partial charge in [-0.05, 0) is 48.9 Å². The Morgan fingerprint density at radius 1 is 1.19 bits per heavy atom. The van der Waals surface area contributed by atoms with Gasteiger partial charge < -0.3 is 19.1 Å². The van der Waals surface area contributed by atoms with Gasteiger partial charge in [0, 0.05) is 39.5 Å². The molecule has 2 aromatic carbocycles. The first-order valence-corrected chi connectivity index (χ1v) is 12.5. The quantitative estimate of drug-likeness (QED) is 0.488. The van der Waals surface area contributed by atoms with E-state index in [4.69, 9.17) is 9.72 Å². The zero-order valence-electron chi connectivity index (χ0n) is 19.2. The molecular weight excluding hydrogens is 420 g/mol. The second-order valence-electron chi connectivity index (χ2n) is 8.51. The molecule has 1 aliphatic rings. The van der Waals surface area contributed by atoms with Crippen molar-refractivity contribution in [2.24, 2.45) is 0 Å². The Bertz CT molecular complexity index is 1040. The largest absolute Gasteiger partial charge is 0.378 e. The molecule has 0 N–H and O–H groups in total. The van der Waals surface area contributed by atoms with Gasteiger partial charge in [0.1, 0.15) is 12.4 Å². The van der Waals surface area contributed by atoms with Crippen LogP contribution in [0.25, 0.3) is 11.0 Å². The summed E-state index contributed by atoms with van der Waals surface area (Å²) in [5.41, 5.74) is 4.23. The lowest BCUT2D eigenvalue weighted by molar-refractivity contribution is -0.134. The van der Waals surface area contributed by atoms with E-state index >= 15 is 0 Å². The highest BCUT2D eigenvalue weighted by Crippen LogP contribution is 2.21. The van der Waals surface area contributed by atoms with E-state index < -0.39 is 0 Å². The Hall–Kier alpha value is -2.51. The Morgan fingerprint density at radius 3 is 2.66 bits per heavy atom. The summed E-state index contributed by atoms with van der Waals surface area (Å²) < 4.78 is 7.94. The maximum atomic E-state index is 13.6. The van der Waals surface area contributed by atoms with Crippen LogP contribution in [0.3, 0.4) is 0 Å². The minimum absolute atomic E-state index is 0.0997. The van der Waals surface area contributed by atoms with Crippen molar-refractivity contribution in [3.63, 3.8) is 0 Å². The number of rotatable bonds is 9. The lowest BCUT2D eigenvalue weighted by Gasteiger charge is -2.26. The van der Waals surface area contributed by atoms with Gasteiger partial charge in [-0.2, -0.15) is 11.8 Å². The fraction of sp³-hybridized carbons (Fsp3) is 0.440. The van der Waals surface area contributed by atoms with Crippen LogP contribution in [0.15, 0.2) is 48.5 Å². The molecule has 4 rings (SSSR count). The van der Waals surface area contributed by atoms with E-state index in [0.717, 1.165) is 53.3 Å². The van der Waals surface area contributed by atoms with Crippen LogP contribution >= 0.6 is 11.8 Å². The normalized spacial score (nSPS) is 15.9.